The number of hydrogen-bond acceptors (Lipinski definition) is 3. The molecule has 1 atom stereocenters. The van der Waals surface area contributed by atoms with E-state index in [4.69, 9.17) is 4.74 Å². The molecular weight excluding hydrogens is 536 g/mol. The topological polar surface area (TPSA) is 46.5 Å². The number of thioether (sulfide) groups is 1. The van der Waals surface area contributed by atoms with Gasteiger partial charge < -0.3 is 9.84 Å². The van der Waals surface area contributed by atoms with Gasteiger partial charge in [0.1, 0.15) is 5.75 Å². The maximum absolute atomic E-state index is 11.4. The summed E-state index contributed by atoms with van der Waals surface area (Å²) in [6.45, 7) is 16.4. The van der Waals surface area contributed by atoms with Gasteiger partial charge in [-0.25, -0.2) is 4.79 Å². The van der Waals surface area contributed by atoms with Crippen LogP contribution in [0, 0.1) is 41.4 Å². The summed E-state index contributed by atoms with van der Waals surface area (Å²) in [5.41, 5.74) is 6.24. The molecule has 3 rings (SSSR count). The summed E-state index contributed by atoms with van der Waals surface area (Å²) in [5.74, 6) is 13.6. The number of hydrogen-bond donors (Lipinski definition) is 1. The quantitative estimate of drug-likeness (QED) is 0.203. The molecule has 0 spiro atoms. The number of carboxylic acids is 1. The third-order valence-corrected chi connectivity index (χ3v) is 7.08. The molecular formula is C38H42O3S. The Bertz CT molecular complexity index is 1450. The fourth-order valence-electron chi connectivity index (χ4n) is 3.91. The molecule has 42 heavy (non-hydrogen) atoms. The average Bonchev–Trinajstić information content (AvgIpc) is 2.92. The largest absolute Gasteiger partial charge is 0.479 e. The predicted molar refractivity (Wildman–Crippen MR) is 177 cm³/mol. The molecule has 1 N–H and O–H groups in total. The first-order valence-electron chi connectivity index (χ1n) is 14.3. The van der Waals surface area contributed by atoms with Crippen LogP contribution in [-0.4, -0.2) is 22.9 Å². The van der Waals surface area contributed by atoms with Gasteiger partial charge in [-0.2, -0.15) is 0 Å². The van der Waals surface area contributed by atoms with Crippen LogP contribution in [0.3, 0.4) is 0 Å². The molecule has 218 valence electrons. The second kappa shape index (κ2) is 14.4. The summed E-state index contributed by atoms with van der Waals surface area (Å²) in [5, 5.41) is 9.34. The van der Waals surface area contributed by atoms with Crippen LogP contribution >= 0.6 is 11.8 Å². The van der Waals surface area contributed by atoms with E-state index in [1.165, 1.54) is 0 Å². The second-order valence-electron chi connectivity index (χ2n) is 12.4. The Hall–Kier alpha value is -3.86. The van der Waals surface area contributed by atoms with Crippen LogP contribution in [0.4, 0.5) is 0 Å². The number of benzene rings is 3. The van der Waals surface area contributed by atoms with Gasteiger partial charge in [0.15, 0.2) is 6.10 Å². The van der Waals surface area contributed by atoms with Gasteiger partial charge in [-0.05, 0) is 120 Å². The Balaban J connectivity index is 1.87. The van der Waals surface area contributed by atoms with E-state index in [-0.39, 0.29) is 10.8 Å². The summed E-state index contributed by atoms with van der Waals surface area (Å²) in [7, 11) is 0. The van der Waals surface area contributed by atoms with Gasteiger partial charge >= 0.3 is 5.97 Å². The zero-order valence-electron chi connectivity index (χ0n) is 26.1. The minimum Gasteiger partial charge on any atom is -0.479 e. The molecule has 0 amide bonds. The molecule has 0 saturated heterocycles. The lowest BCUT2D eigenvalue weighted by molar-refractivity contribution is -0.145. The van der Waals surface area contributed by atoms with Crippen molar-refractivity contribution in [1.82, 2.24) is 0 Å². The molecule has 3 nitrogen and oxygen atoms in total. The maximum Gasteiger partial charge on any atom is 0.344 e. The molecule has 0 heterocycles. The van der Waals surface area contributed by atoms with E-state index < -0.39 is 12.1 Å². The highest BCUT2D eigenvalue weighted by molar-refractivity contribution is 7.99. The monoisotopic (exact) mass is 578 g/mol. The number of rotatable bonds is 9. The Labute approximate surface area is 256 Å². The average molecular weight is 579 g/mol. The number of carbonyl (C=O) groups is 1. The normalized spacial score (nSPS) is 11.8. The third kappa shape index (κ3) is 10.5. The molecule has 0 aliphatic heterocycles. The van der Waals surface area contributed by atoms with Crippen molar-refractivity contribution in [3.05, 3.63) is 101 Å². The summed E-state index contributed by atoms with van der Waals surface area (Å²) >= 11 is 1.73. The standard InChI is InChI=1S/C38H42O3S/c1-9-34(36(39)40)41-35-19-18-32(26-27(35)2)42-25-22-33(30-14-10-28(11-15-30)20-23-37(3,4)5)31-16-12-29(13-17-31)21-24-38(6,7)8/h10-19,22,26,34H,9,25H2,1-8H3,(H,39,40). The molecule has 0 aromatic heterocycles. The zero-order chi connectivity index (χ0) is 30.9. The van der Waals surface area contributed by atoms with Crippen molar-refractivity contribution >= 4 is 23.3 Å². The van der Waals surface area contributed by atoms with Crippen LogP contribution in [-0.2, 0) is 4.79 Å². The summed E-state index contributed by atoms with van der Waals surface area (Å²) in [6, 6.07) is 22.8. The lowest BCUT2D eigenvalue weighted by Crippen LogP contribution is -2.26. The predicted octanol–water partition coefficient (Wildman–Crippen LogP) is 9.26. The fraction of sp³-hybridized carbons (Fsp3) is 0.342. The van der Waals surface area contributed by atoms with Gasteiger partial charge in [0, 0.05) is 32.6 Å². The highest BCUT2D eigenvalue weighted by Crippen LogP contribution is 2.30. The molecule has 0 aliphatic rings. The minimum atomic E-state index is -0.948. The maximum atomic E-state index is 11.4. The van der Waals surface area contributed by atoms with Crippen LogP contribution < -0.4 is 4.74 Å². The molecule has 0 radical (unpaired) electrons. The highest BCUT2D eigenvalue weighted by Gasteiger charge is 2.18. The van der Waals surface area contributed by atoms with E-state index in [1.807, 2.05) is 32.0 Å². The summed E-state index contributed by atoms with van der Waals surface area (Å²) < 4.78 is 5.72. The van der Waals surface area contributed by atoms with Gasteiger partial charge in [0.25, 0.3) is 0 Å². The van der Waals surface area contributed by atoms with Gasteiger partial charge in [-0.3, -0.25) is 0 Å². The minimum absolute atomic E-state index is 0.0464. The van der Waals surface area contributed by atoms with Crippen LogP contribution in [0.5, 0.6) is 5.75 Å². The van der Waals surface area contributed by atoms with Crippen LogP contribution in [0.25, 0.3) is 5.57 Å². The number of aryl methyl sites for hydroxylation is 1. The first-order valence-corrected chi connectivity index (χ1v) is 15.3. The van der Waals surface area contributed by atoms with E-state index in [0.29, 0.717) is 12.2 Å². The zero-order valence-corrected chi connectivity index (χ0v) is 26.9. The Morgan fingerprint density at radius 3 is 1.76 bits per heavy atom. The second-order valence-corrected chi connectivity index (χ2v) is 13.5. The van der Waals surface area contributed by atoms with Gasteiger partial charge in [0.2, 0.25) is 0 Å². The molecule has 0 aliphatic carbocycles. The number of ether oxygens (including phenoxy) is 1. The molecule has 3 aromatic rings. The summed E-state index contributed by atoms with van der Waals surface area (Å²) in [4.78, 5) is 12.5. The van der Waals surface area contributed by atoms with Gasteiger partial charge in [-0.15, -0.1) is 11.8 Å². The highest BCUT2D eigenvalue weighted by atomic mass is 32.2. The molecule has 0 saturated carbocycles. The van der Waals surface area contributed by atoms with Gasteiger partial charge in [-0.1, -0.05) is 60.9 Å². The SMILES string of the molecule is CCC(Oc1ccc(SCC=C(c2ccc(C#CC(C)(C)C)cc2)c2ccc(C#CC(C)(C)C)cc2)cc1C)C(=O)O. The van der Waals surface area contributed by atoms with Crippen molar-refractivity contribution in [2.75, 3.05) is 5.75 Å². The number of aliphatic carboxylic acids is 1. The Morgan fingerprint density at radius 2 is 1.36 bits per heavy atom. The lowest BCUT2D eigenvalue weighted by Gasteiger charge is -2.15. The molecule has 1 unspecified atom stereocenters. The van der Waals surface area contributed by atoms with E-state index in [0.717, 1.165) is 44.0 Å². The number of carboxylic acid groups (broad SMARTS) is 1. The van der Waals surface area contributed by atoms with Crippen LogP contribution in [0.15, 0.2) is 77.7 Å². The molecule has 4 heteroatoms. The molecule has 0 bridgehead atoms. The van der Waals surface area contributed by atoms with Crippen LogP contribution in [0.2, 0.25) is 0 Å². The molecule has 0 fully saturated rings. The van der Waals surface area contributed by atoms with Crippen molar-refractivity contribution in [2.45, 2.75) is 72.8 Å². The summed E-state index contributed by atoms with van der Waals surface area (Å²) in [6.07, 6.45) is 1.82. The first-order chi connectivity index (χ1) is 19.7. The molecule has 3 aromatic carbocycles. The van der Waals surface area contributed by atoms with Crippen molar-refractivity contribution in [3.8, 4) is 29.4 Å². The van der Waals surface area contributed by atoms with Crippen molar-refractivity contribution < 1.29 is 14.6 Å². The van der Waals surface area contributed by atoms with Gasteiger partial charge in [0.05, 0.1) is 0 Å². The van der Waals surface area contributed by atoms with Crippen molar-refractivity contribution in [3.63, 3.8) is 0 Å². The van der Waals surface area contributed by atoms with E-state index in [1.54, 1.807) is 11.8 Å². The smallest absolute Gasteiger partial charge is 0.344 e. The van der Waals surface area contributed by atoms with E-state index in [2.05, 4.69) is 120 Å². The van der Waals surface area contributed by atoms with E-state index in [9.17, 15) is 9.90 Å². The van der Waals surface area contributed by atoms with Crippen molar-refractivity contribution in [2.24, 2.45) is 10.8 Å². The lowest BCUT2D eigenvalue weighted by atomic mass is 9.94. The van der Waals surface area contributed by atoms with E-state index >= 15 is 0 Å². The van der Waals surface area contributed by atoms with Crippen LogP contribution in [0.1, 0.15) is 82.7 Å². The van der Waals surface area contributed by atoms with Crippen molar-refractivity contribution in [1.29, 1.82) is 0 Å². The Kier molecular flexibility index (Phi) is 11.2. The first kappa shape index (κ1) is 32.7. The third-order valence-electron chi connectivity index (χ3n) is 6.15. The Morgan fingerprint density at radius 1 is 0.857 bits per heavy atom. The fourth-order valence-corrected chi connectivity index (χ4v) is 4.78.